The number of hydrogen-bond donors (Lipinski definition) is 8. The van der Waals surface area contributed by atoms with Crippen molar-refractivity contribution in [2.24, 2.45) is 11.8 Å². The molecule has 18 nitrogen and oxygen atoms in total. The third-order valence-corrected chi connectivity index (χ3v) is 18.2. The van der Waals surface area contributed by atoms with Gasteiger partial charge in [-0.3, -0.25) is 38.4 Å². The average molecular weight is 1100 g/mol. The van der Waals surface area contributed by atoms with Crippen molar-refractivity contribution in [3.05, 3.63) is 106 Å². The summed E-state index contributed by atoms with van der Waals surface area (Å²) in [6.45, 7) is 3.53. The number of aryl methyl sites for hydroxylation is 2. The van der Waals surface area contributed by atoms with E-state index in [2.05, 4.69) is 54.7 Å². The first-order valence-electron chi connectivity index (χ1n) is 29.8. The average Bonchev–Trinajstić information content (AvgIpc) is 4.13. The van der Waals surface area contributed by atoms with Crippen LogP contribution in [0.5, 0.6) is 0 Å². The Balaban J connectivity index is 0.920. The minimum Gasteiger partial charge on any atom is -0.347 e. The van der Waals surface area contributed by atoms with Gasteiger partial charge in [0.25, 0.3) is 11.8 Å². The minimum absolute atomic E-state index is 0.0312. The fraction of sp³-hybridized carbons (Fsp3) is 0.581. The van der Waals surface area contributed by atoms with Crippen LogP contribution in [0.2, 0.25) is 0 Å². The van der Waals surface area contributed by atoms with Crippen LogP contribution in [0.15, 0.2) is 72.8 Å². The van der Waals surface area contributed by atoms with Gasteiger partial charge in [0.1, 0.15) is 24.2 Å². The van der Waals surface area contributed by atoms with E-state index in [4.69, 9.17) is 0 Å². The topological polar surface area (TPSA) is 239 Å². The van der Waals surface area contributed by atoms with Crippen molar-refractivity contribution in [1.29, 1.82) is 0 Å². The Morgan fingerprint density at radius 2 is 0.875 bits per heavy atom. The summed E-state index contributed by atoms with van der Waals surface area (Å²) in [4.78, 5) is 118. The quantitative estimate of drug-likeness (QED) is 0.0865. The SMILES string of the molecule is CN[C@@H](C)C(=O)N[C@H](C(=O)N1C[C@@H](NC(=O)c2cccc(C(=O)N[C@H]3C[C@@H](C(=O)N[C@@H]4CCCc5ccccc54)N(C(=O)[C@@H](NC(=O)[C@H](C)NC)C4CCCCC4)C3)c2)C[C@H]1C(=O)N[C@@H]1CCCc2ccccc21)C1CCCCC1. The molecule has 4 fully saturated rings. The van der Waals surface area contributed by atoms with Gasteiger partial charge in [-0.05, 0) is 157 Å². The zero-order valence-corrected chi connectivity index (χ0v) is 47.2. The highest BCUT2D eigenvalue weighted by molar-refractivity contribution is 6.01. The molecule has 0 aromatic heterocycles. The third kappa shape index (κ3) is 13.6. The summed E-state index contributed by atoms with van der Waals surface area (Å²) < 4.78 is 0. The van der Waals surface area contributed by atoms with Crippen LogP contribution >= 0.6 is 0 Å². The Morgan fingerprint density at radius 1 is 0.475 bits per heavy atom. The van der Waals surface area contributed by atoms with E-state index in [1.165, 1.54) is 17.2 Å². The summed E-state index contributed by atoms with van der Waals surface area (Å²) >= 11 is 0. The molecule has 0 spiro atoms. The van der Waals surface area contributed by atoms with Crippen LogP contribution in [0, 0.1) is 11.8 Å². The summed E-state index contributed by atoms with van der Waals surface area (Å²) in [5, 5.41) is 24.7. The third-order valence-electron chi connectivity index (χ3n) is 18.2. The largest absolute Gasteiger partial charge is 0.347 e. The number of benzene rings is 3. The smallest absolute Gasteiger partial charge is 0.251 e. The van der Waals surface area contributed by atoms with Crippen molar-refractivity contribution in [3.8, 4) is 0 Å². The van der Waals surface area contributed by atoms with Gasteiger partial charge in [0, 0.05) is 36.3 Å². The van der Waals surface area contributed by atoms with Crippen LogP contribution in [0.1, 0.15) is 172 Å². The molecule has 0 radical (unpaired) electrons. The second-order valence-corrected chi connectivity index (χ2v) is 23.5. The summed E-state index contributed by atoms with van der Waals surface area (Å²) in [7, 11) is 3.38. The van der Waals surface area contributed by atoms with E-state index in [0.29, 0.717) is 0 Å². The number of nitrogens with one attached hydrogen (secondary N) is 8. The molecule has 0 unspecified atom stereocenters. The van der Waals surface area contributed by atoms with Crippen LogP contribution in [0.25, 0.3) is 0 Å². The van der Waals surface area contributed by atoms with E-state index in [9.17, 15) is 38.4 Å². The van der Waals surface area contributed by atoms with E-state index in [-0.39, 0.29) is 96.4 Å². The highest BCUT2D eigenvalue weighted by Crippen LogP contribution is 2.35. The molecule has 2 saturated heterocycles. The number of amides is 8. The van der Waals surface area contributed by atoms with Gasteiger partial charge in [0.2, 0.25) is 35.4 Å². The lowest BCUT2D eigenvalue weighted by molar-refractivity contribution is -0.143. The van der Waals surface area contributed by atoms with Crippen molar-refractivity contribution >= 4 is 47.3 Å². The molecule has 2 saturated carbocycles. The van der Waals surface area contributed by atoms with Crippen molar-refractivity contribution < 1.29 is 38.4 Å². The van der Waals surface area contributed by atoms with Crippen LogP contribution < -0.4 is 42.5 Å². The zero-order valence-electron chi connectivity index (χ0n) is 47.2. The number of nitrogens with zero attached hydrogens (tertiary/aromatic N) is 2. The molecule has 3 aromatic rings. The van der Waals surface area contributed by atoms with Crippen LogP contribution in [-0.2, 0) is 41.6 Å². The standard InChI is InChI=1S/C62H84N10O8/c1-37(63-3)55(73)69-53(41-20-7-5-8-21-41)61(79)71-35-45(33-51(71)59(77)67-49-30-16-24-39-18-11-13-28-47(39)49)65-57(75)43-26-15-27-44(32-43)58(76)66-46-34-52(60(78)68-50-31-17-25-40-19-12-14-29-48(40)50)72(36-46)62(80)54(42-22-9-6-10-23-42)70-56(74)38(2)64-4/h11-15,18-19,26-29,32,37-38,41-42,45-46,49-54,63-64H,5-10,16-17,20-25,30-31,33-36H2,1-4H3,(H,65,75)(H,66,76)(H,67,77)(H,68,78)(H,69,73)(H,70,74)/t37-,38-,45-,46-,49+,50+,51-,52-,53-,54-/m0/s1. The van der Waals surface area contributed by atoms with Crippen LogP contribution in [0.4, 0.5) is 0 Å². The fourth-order valence-electron chi connectivity index (χ4n) is 13.4. The summed E-state index contributed by atoms with van der Waals surface area (Å²) in [5.74, 6) is -3.19. The van der Waals surface area contributed by atoms with Gasteiger partial charge in [-0.25, -0.2) is 0 Å². The molecule has 3 aromatic carbocycles. The molecule has 2 heterocycles. The van der Waals surface area contributed by atoms with Crippen LogP contribution in [0.3, 0.4) is 0 Å². The van der Waals surface area contributed by atoms with E-state index in [0.717, 1.165) is 114 Å². The first-order valence-corrected chi connectivity index (χ1v) is 29.8. The number of likely N-dealkylation sites (tertiary alicyclic amines) is 2. The van der Waals surface area contributed by atoms with Crippen molar-refractivity contribution in [1.82, 2.24) is 52.3 Å². The maximum Gasteiger partial charge on any atom is 0.251 e. The lowest BCUT2D eigenvalue weighted by Crippen LogP contribution is -2.58. The second-order valence-electron chi connectivity index (χ2n) is 23.5. The molecule has 18 heteroatoms. The van der Waals surface area contributed by atoms with Gasteiger partial charge in [-0.15, -0.1) is 0 Å². The Kier molecular flexibility index (Phi) is 19.4. The minimum atomic E-state index is -0.933. The monoisotopic (exact) mass is 1100 g/mol. The number of rotatable bonds is 18. The van der Waals surface area contributed by atoms with Gasteiger partial charge in [-0.1, -0.05) is 93.1 Å². The van der Waals surface area contributed by atoms with Crippen molar-refractivity contribution in [2.75, 3.05) is 27.2 Å². The number of likely N-dealkylation sites (N-methyl/N-ethyl adjacent to an activating group) is 2. The predicted octanol–water partition coefficient (Wildman–Crippen LogP) is 4.82. The summed E-state index contributed by atoms with van der Waals surface area (Å²) in [6, 6.07) is 16.0. The number of carbonyl (C=O) groups excluding carboxylic acids is 8. The van der Waals surface area contributed by atoms with E-state index < -0.39 is 60.1 Å². The van der Waals surface area contributed by atoms with E-state index in [1.54, 1.807) is 55.9 Å². The Morgan fingerprint density at radius 3 is 1.27 bits per heavy atom. The molecule has 6 aliphatic rings. The van der Waals surface area contributed by atoms with Crippen LogP contribution in [-0.4, -0.2) is 133 Å². The first-order chi connectivity index (χ1) is 38.7. The zero-order chi connectivity index (χ0) is 56.5. The molecule has 0 bridgehead atoms. The maximum absolute atomic E-state index is 15.0. The molecule has 4 aliphatic carbocycles. The molecular weight excluding hydrogens is 1010 g/mol. The molecule has 80 heavy (non-hydrogen) atoms. The fourth-order valence-corrected chi connectivity index (χ4v) is 13.4. The van der Waals surface area contributed by atoms with Crippen molar-refractivity contribution in [3.63, 3.8) is 0 Å². The normalized spacial score (nSPS) is 24.6. The molecule has 430 valence electrons. The molecule has 9 rings (SSSR count). The lowest BCUT2D eigenvalue weighted by Gasteiger charge is -2.35. The Bertz CT molecular complexity index is 2560. The van der Waals surface area contributed by atoms with Gasteiger partial charge >= 0.3 is 0 Å². The lowest BCUT2D eigenvalue weighted by atomic mass is 9.83. The van der Waals surface area contributed by atoms with Gasteiger partial charge in [-0.2, -0.15) is 0 Å². The molecule has 8 amide bonds. The van der Waals surface area contributed by atoms with Gasteiger partial charge < -0.3 is 52.3 Å². The summed E-state index contributed by atoms with van der Waals surface area (Å²) in [6.07, 6.45) is 14.2. The van der Waals surface area contributed by atoms with E-state index >= 15 is 0 Å². The van der Waals surface area contributed by atoms with E-state index in [1.807, 2.05) is 36.4 Å². The second kappa shape index (κ2) is 26.7. The van der Waals surface area contributed by atoms with Crippen molar-refractivity contribution in [2.45, 2.75) is 190 Å². The highest BCUT2D eigenvalue weighted by Gasteiger charge is 2.47. The number of fused-ring (bicyclic) bond motifs is 2. The molecular formula is C62H84N10O8. The maximum atomic E-state index is 15.0. The highest BCUT2D eigenvalue weighted by atomic mass is 16.2. The Labute approximate surface area is 471 Å². The number of carbonyl (C=O) groups is 8. The first kappa shape index (κ1) is 58.0. The molecule has 10 atom stereocenters. The Hall–Kier alpha value is -6.66. The predicted molar refractivity (Wildman–Crippen MR) is 304 cm³/mol. The molecule has 8 N–H and O–H groups in total. The number of hydrogen-bond acceptors (Lipinski definition) is 10. The van der Waals surface area contributed by atoms with Gasteiger partial charge in [0.05, 0.1) is 24.2 Å². The van der Waals surface area contributed by atoms with Gasteiger partial charge in [0.15, 0.2) is 0 Å². The summed E-state index contributed by atoms with van der Waals surface area (Å²) in [5.41, 5.74) is 4.84. The molecule has 2 aliphatic heterocycles.